The van der Waals surface area contributed by atoms with Crippen LogP contribution in [-0.2, 0) is 28.6 Å². The van der Waals surface area contributed by atoms with E-state index in [0.717, 1.165) is 103 Å². The number of hydrogen-bond acceptors (Lipinski definition) is 6. The molecule has 0 aromatic heterocycles. The van der Waals surface area contributed by atoms with E-state index in [1.807, 2.05) is 0 Å². The summed E-state index contributed by atoms with van der Waals surface area (Å²) in [5, 5.41) is 0. The summed E-state index contributed by atoms with van der Waals surface area (Å²) in [6.07, 6.45) is 61.5. The Morgan fingerprint density at radius 2 is 0.700 bits per heavy atom. The number of rotatable bonds is 43. The van der Waals surface area contributed by atoms with Gasteiger partial charge in [-0.15, -0.1) is 0 Å². The quantitative estimate of drug-likeness (QED) is 0.0200. The minimum atomic E-state index is -0.801. The first kappa shape index (κ1) is 56.6. The number of carbonyl (C=O) groups is 3. The van der Waals surface area contributed by atoms with Crippen LogP contribution in [0.4, 0.5) is 0 Å². The molecular weight excluding hydrogens is 745 g/mol. The third-order valence-corrected chi connectivity index (χ3v) is 10.1. The van der Waals surface area contributed by atoms with Crippen LogP contribution < -0.4 is 0 Å². The van der Waals surface area contributed by atoms with Crippen LogP contribution >= 0.6 is 0 Å². The maximum absolute atomic E-state index is 12.7. The summed E-state index contributed by atoms with van der Waals surface area (Å²) < 4.78 is 16.7. The monoisotopic (exact) mass is 835 g/mol. The molecule has 0 radical (unpaired) electrons. The molecule has 0 bridgehead atoms. The Morgan fingerprint density at radius 1 is 0.367 bits per heavy atom. The maximum Gasteiger partial charge on any atom is 0.306 e. The van der Waals surface area contributed by atoms with Gasteiger partial charge < -0.3 is 14.2 Å². The number of ether oxygens (including phenoxy) is 3. The van der Waals surface area contributed by atoms with Gasteiger partial charge in [-0.05, 0) is 103 Å². The molecule has 342 valence electrons. The molecule has 1 atom stereocenters. The largest absolute Gasteiger partial charge is 0.462 e. The van der Waals surface area contributed by atoms with Gasteiger partial charge in [-0.3, -0.25) is 14.4 Å². The number of unbranched alkanes of at least 4 members (excludes halogenated alkanes) is 19. The van der Waals surface area contributed by atoms with Crippen LogP contribution in [0.25, 0.3) is 0 Å². The number of allylic oxidation sites excluding steroid dienone is 14. The van der Waals surface area contributed by atoms with Gasteiger partial charge in [0.15, 0.2) is 6.10 Å². The van der Waals surface area contributed by atoms with Crippen molar-refractivity contribution < 1.29 is 28.6 Å². The van der Waals surface area contributed by atoms with Crippen LogP contribution in [0.15, 0.2) is 85.1 Å². The highest BCUT2D eigenvalue weighted by Gasteiger charge is 2.19. The van der Waals surface area contributed by atoms with E-state index in [-0.39, 0.29) is 31.1 Å². The lowest BCUT2D eigenvalue weighted by molar-refractivity contribution is -0.167. The van der Waals surface area contributed by atoms with Gasteiger partial charge >= 0.3 is 17.9 Å². The van der Waals surface area contributed by atoms with Gasteiger partial charge in [-0.2, -0.15) is 0 Å². The predicted molar refractivity (Wildman–Crippen MR) is 256 cm³/mol. The zero-order chi connectivity index (χ0) is 43.7. The topological polar surface area (TPSA) is 78.9 Å². The molecule has 60 heavy (non-hydrogen) atoms. The Morgan fingerprint density at radius 3 is 1.15 bits per heavy atom. The molecule has 0 aliphatic rings. The van der Waals surface area contributed by atoms with Crippen molar-refractivity contribution in [2.45, 2.75) is 226 Å². The van der Waals surface area contributed by atoms with E-state index in [4.69, 9.17) is 14.2 Å². The Balaban J connectivity index is 4.36. The zero-order valence-electron chi connectivity index (χ0n) is 38.9. The van der Waals surface area contributed by atoms with Crippen molar-refractivity contribution >= 4 is 17.9 Å². The van der Waals surface area contributed by atoms with Gasteiger partial charge in [0.1, 0.15) is 13.2 Å². The average Bonchev–Trinajstić information content (AvgIpc) is 3.24. The van der Waals surface area contributed by atoms with Crippen molar-refractivity contribution in [3.63, 3.8) is 0 Å². The lowest BCUT2D eigenvalue weighted by atomic mass is 10.1. The Labute approximate surface area is 369 Å². The van der Waals surface area contributed by atoms with E-state index >= 15 is 0 Å². The molecule has 0 spiro atoms. The van der Waals surface area contributed by atoms with Crippen LogP contribution in [0.3, 0.4) is 0 Å². The molecule has 0 amide bonds. The van der Waals surface area contributed by atoms with Crippen molar-refractivity contribution in [1.82, 2.24) is 0 Å². The van der Waals surface area contributed by atoms with E-state index < -0.39 is 6.10 Å². The lowest BCUT2D eigenvalue weighted by Crippen LogP contribution is -2.30. The van der Waals surface area contributed by atoms with E-state index in [2.05, 4.69) is 106 Å². The van der Waals surface area contributed by atoms with Crippen molar-refractivity contribution in [1.29, 1.82) is 0 Å². The molecule has 0 rings (SSSR count). The summed E-state index contributed by atoms with van der Waals surface area (Å²) in [5.41, 5.74) is 0. The van der Waals surface area contributed by atoms with Gasteiger partial charge in [0.2, 0.25) is 0 Å². The predicted octanol–water partition coefficient (Wildman–Crippen LogP) is 16.0. The maximum atomic E-state index is 12.7. The van der Waals surface area contributed by atoms with Crippen LogP contribution in [0, 0.1) is 0 Å². The van der Waals surface area contributed by atoms with Gasteiger partial charge in [0.05, 0.1) is 0 Å². The van der Waals surface area contributed by atoms with Crippen LogP contribution in [0.2, 0.25) is 0 Å². The molecule has 1 unspecified atom stereocenters. The molecule has 0 aromatic carbocycles. The Hall–Kier alpha value is -3.41. The van der Waals surface area contributed by atoms with Gasteiger partial charge in [-0.1, -0.05) is 183 Å². The highest BCUT2D eigenvalue weighted by atomic mass is 16.6. The molecule has 0 heterocycles. The molecule has 0 fully saturated rings. The fraction of sp³-hybridized carbons (Fsp3) is 0.685. The first-order valence-electron chi connectivity index (χ1n) is 24.6. The minimum Gasteiger partial charge on any atom is -0.462 e. The van der Waals surface area contributed by atoms with Gasteiger partial charge in [-0.25, -0.2) is 0 Å². The summed E-state index contributed by atoms with van der Waals surface area (Å²) in [4.78, 5) is 37.8. The van der Waals surface area contributed by atoms with Gasteiger partial charge in [0.25, 0.3) is 0 Å². The molecule has 6 heteroatoms. The highest BCUT2D eigenvalue weighted by molar-refractivity contribution is 5.71. The van der Waals surface area contributed by atoms with Crippen molar-refractivity contribution in [3.8, 4) is 0 Å². The summed E-state index contributed by atoms with van der Waals surface area (Å²) >= 11 is 0. The molecule has 0 saturated carbocycles. The molecular formula is C54H90O6. The lowest BCUT2D eigenvalue weighted by Gasteiger charge is -2.18. The third-order valence-electron chi connectivity index (χ3n) is 10.1. The summed E-state index contributed by atoms with van der Waals surface area (Å²) in [7, 11) is 0. The Bertz CT molecular complexity index is 1190. The molecule has 0 aliphatic carbocycles. The molecule has 6 nitrogen and oxygen atoms in total. The second-order valence-electron chi connectivity index (χ2n) is 16.0. The van der Waals surface area contributed by atoms with Crippen molar-refractivity contribution in [3.05, 3.63) is 85.1 Å². The summed E-state index contributed by atoms with van der Waals surface area (Å²) in [6.45, 7) is 6.31. The van der Waals surface area contributed by atoms with E-state index in [1.54, 1.807) is 0 Å². The summed E-state index contributed by atoms with van der Waals surface area (Å²) in [6, 6.07) is 0. The first-order valence-corrected chi connectivity index (χ1v) is 24.6. The SMILES string of the molecule is CC/C=C\C/C=C\C/C=C\CCCCCCC(=O)OC(COC(=O)CCCC/C=C\C/C=C\CC)COC(=O)CCCCCCCCCCCC/C=C\C=C/CCCCC. The Kier molecular flexibility index (Phi) is 45.5. The standard InChI is InChI=1S/C54H90O6/c1-4-7-10-13-16-19-21-23-25-26-27-28-29-31-32-35-38-41-44-47-53(56)59-50-51(49-58-52(55)46-43-40-37-34-18-15-12-9-6-3)60-54(57)48-45-42-39-36-33-30-24-22-20-17-14-11-8-5-2/h8-9,11-12,16-21,23-24,30,34,51H,4-7,10,13-15,22,25-29,31-33,35-50H2,1-3H3/b11-8-,12-9-,19-16-,20-17-,23-21-,30-24-,34-18-. The molecule has 0 saturated heterocycles. The normalized spacial score (nSPS) is 12.8. The third kappa shape index (κ3) is 45.7. The molecule has 0 aliphatic heterocycles. The van der Waals surface area contributed by atoms with Crippen molar-refractivity contribution in [2.75, 3.05) is 13.2 Å². The summed E-state index contributed by atoms with van der Waals surface area (Å²) in [5.74, 6) is -0.967. The van der Waals surface area contributed by atoms with E-state index in [0.29, 0.717) is 19.3 Å². The smallest absolute Gasteiger partial charge is 0.306 e. The second-order valence-corrected chi connectivity index (χ2v) is 16.0. The first-order chi connectivity index (χ1) is 29.5. The highest BCUT2D eigenvalue weighted by Crippen LogP contribution is 2.14. The fourth-order valence-corrected chi connectivity index (χ4v) is 6.48. The zero-order valence-corrected chi connectivity index (χ0v) is 38.9. The van der Waals surface area contributed by atoms with Crippen LogP contribution in [-0.4, -0.2) is 37.2 Å². The van der Waals surface area contributed by atoms with E-state index in [9.17, 15) is 14.4 Å². The number of carbonyl (C=O) groups excluding carboxylic acids is 3. The molecule has 0 aromatic rings. The van der Waals surface area contributed by atoms with Crippen LogP contribution in [0.5, 0.6) is 0 Å². The van der Waals surface area contributed by atoms with Crippen molar-refractivity contribution in [2.24, 2.45) is 0 Å². The number of hydrogen-bond donors (Lipinski definition) is 0. The fourth-order valence-electron chi connectivity index (χ4n) is 6.48. The number of esters is 3. The average molecular weight is 835 g/mol. The van der Waals surface area contributed by atoms with Gasteiger partial charge in [0, 0.05) is 19.3 Å². The second kappa shape index (κ2) is 48.3. The molecule has 0 N–H and O–H groups in total. The minimum absolute atomic E-state index is 0.0987. The van der Waals surface area contributed by atoms with E-state index in [1.165, 1.54) is 77.0 Å². The van der Waals surface area contributed by atoms with Crippen LogP contribution in [0.1, 0.15) is 220 Å².